The molecule has 5 nitrogen and oxygen atoms in total. The molecule has 138 valence electrons. The molecule has 8 heteroatoms. The molecule has 0 atom stereocenters. The summed E-state index contributed by atoms with van der Waals surface area (Å²) in [5, 5.41) is 11.7. The first kappa shape index (κ1) is 17.9. The number of thioether (sulfide) groups is 1. The van der Waals surface area contributed by atoms with E-state index in [2.05, 4.69) is 27.6 Å². The van der Waals surface area contributed by atoms with Crippen molar-refractivity contribution in [1.29, 1.82) is 0 Å². The zero-order valence-electron chi connectivity index (χ0n) is 14.4. The summed E-state index contributed by atoms with van der Waals surface area (Å²) in [7, 11) is 0. The molecule has 2 aromatic carbocycles. The van der Waals surface area contributed by atoms with E-state index in [4.69, 9.17) is 0 Å². The Hall–Kier alpha value is -2.45. The summed E-state index contributed by atoms with van der Waals surface area (Å²) >= 11 is 2.72. The first-order chi connectivity index (χ1) is 13.2. The molecule has 0 aliphatic carbocycles. The number of carbonyl (C=O) groups is 1. The molecule has 0 spiro atoms. The highest BCUT2D eigenvalue weighted by Crippen LogP contribution is 2.28. The van der Waals surface area contributed by atoms with Crippen molar-refractivity contribution in [2.24, 2.45) is 0 Å². The SMILES string of the molecule is O=C(CSc1nnc(Nc2cccc(F)c2)s1)N1CCc2ccccc2C1. The van der Waals surface area contributed by atoms with Crippen LogP contribution in [-0.2, 0) is 17.8 Å². The third-order valence-corrected chi connectivity index (χ3v) is 6.24. The number of nitrogens with one attached hydrogen (secondary N) is 1. The Morgan fingerprint density at radius 2 is 2.04 bits per heavy atom. The monoisotopic (exact) mass is 400 g/mol. The lowest BCUT2D eigenvalue weighted by Crippen LogP contribution is -2.37. The van der Waals surface area contributed by atoms with Crippen molar-refractivity contribution >= 4 is 39.8 Å². The Morgan fingerprint density at radius 3 is 2.89 bits per heavy atom. The maximum atomic E-state index is 13.2. The average Bonchev–Trinajstić information content (AvgIpc) is 3.13. The van der Waals surface area contributed by atoms with Gasteiger partial charge < -0.3 is 10.2 Å². The molecule has 2 heterocycles. The highest BCUT2D eigenvalue weighted by Gasteiger charge is 2.20. The van der Waals surface area contributed by atoms with E-state index in [1.807, 2.05) is 17.0 Å². The number of benzene rings is 2. The molecule has 1 aliphatic heterocycles. The van der Waals surface area contributed by atoms with E-state index in [1.54, 1.807) is 12.1 Å². The number of hydrogen-bond acceptors (Lipinski definition) is 6. The molecular weight excluding hydrogens is 383 g/mol. The number of anilines is 2. The van der Waals surface area contributed by atoms with Crippen LogP contribution < -0.4 is 5.32 Å². The smallest absolute Gasteiger partial charge is 0.233 e. The minimum absolute atomic E-state index is 0.101. The van der Waals surface area contributed by atoms with Crippen molar-refractivity contribution in [3.63, 3.8) is 0 Å². The molecule has 27 heavy (non-hydrogen) atoms. The van der Waals surface area contributed by atoms with E-state index in [0.717, 1.165) is 13.0 Å². The van der Waals surface area contributed by atoms with Gasteiger partial charge in [0.1, 0.15) is 5.82 Å². The van der Waals surface area contributed by atoms with Crippen LogP contribution in [0.25, 0.3) is 0 Å². The van der Waals surface area contributed by atoms with Crippen LogP contribution in [0.15, 0.2) is 52.9 Å². The van der Waals surface area contributed by atoms with Crippen LogP contribution in [0.1, 0.15) is 11.1 Å². The van der Waals surface area contributed by atoms with E-state index >= 15 is 0 Å². The summed E-state index contributed by atoms with van der Waals surface area (Å²) in [6.45, 7) is 1.41. The quantitative estimate of drug-likeness (QED) is 0.654. The van der Waals surface area contributed by atoms with Crippen molar-refractivity contribution in [3.05, 3.63) is 65.5 Å². The standard InChI is InChI=1S/C19H17FN4OS2/c20-15-6-3-7-16(10-15)21-18-22-23-19(27-18)26-12-17(25)24-9-8-13-4-1-2-5-14(13)11-24/h1-7,10H,8-9,11-12H2,(H,21,22). The third-order valence-electron chi connectivity index (χ3n) is 4.28. The number of carbonyl (C=O) groups excluding carboxylic acids is 1. The average molecular weight is 401 g/mol. The van der Waals surface area contributed by atoms with Crippen molar-refractivity contribution in [2.75, 3.05) is 17.6 Å². The third kappa shape index (κ3) is 4.45. The summed E-state index contributed by atoms with van der Waals surface area (Å²) in [5.74, 6) is 0.119. The van der Waals surface area contributed by atoms with E-state index in [9.17, 15) is 9.18 Å². The molecule has 0 radical (unpaired) electrons. The van der Waals surface area contributed by atoms with Gasteiger partial charge in [0.2, 0.25) is 11.0 Å². The van der Waals surface area contributed by atoms with Crippen LogP contribution >= 0.6 is 23.1 Å². The highest BCUT2D eigenvalue weighted by atomic mass is 32.2. The zero-order valence-corrected chi connectivity index (χ0v) is 16.0. The predicted molar refractivity (Wildman–Crippen MR) is 106 cm³/mol. The fourth-order valence-electron chi connectivity index (χ4n) is 2.93. The van der Waals surface area contributed by atoms with Crippen LogP contribution in [0, 0.1) is 5.82 Å². The van der Waals surface area contributed by atoms with E-state index in [1.165, 1.54) is 46.4 Å². The molecule has 0 saturated heterocycles. The molecule has 0 fully saturated rings. The summed E-state index contributed by atoms with van der Waals surface area (Å²) in [4.78, 5) is 14.4. The fourth-order valence-corrected chi connectivity index (χ4v) is 4.61. The number of hydrogen-bond donors (Lipinski definition) is 1. The predicted octanol–water partition coefficient (Wildman–Crippen LogP) is 4.10. The van der Waals surface area contributed by atoms with Gasteiger partial charge >= 0.3 is 0 Å². The second-order valence-electron chi connectivity index (χ2n) is 6.13. The maximum Gasteiger partial charge on any atom is 0.233 e. The van der Waals surface area contributed by atoms with Gasteiger partial charge in [-0.05, 0) is 35.7 Å². The topological polar surface area (TPSA) is 58.1 Å². The van der Waals surface area contributed by atoms with Gasteiger partial charge in [0.25, 0.3) is 0 Å². The van der Waals surface area contributed by atoms with Crippen LogP contribution in [0.3, 0.4) is 0 Å². The van der Waals surface area contributed by atoms with Crippen LogP contribution in [-0.4, -0.2) is 33.3 Å². The van der Waals surface area contributed by atoms with E-state index < -0.39 is 0 Å². The first-order valence-electron chi connectivity index (χ1n) is 8.51. The fraction of sp³-hybridized carbons (Fsp3) is 0.211. The normalized spacial score (nSPS) is 13.3. The van der Waals surface area contributed by atoms with Gasteiger partial charge in [-0.2, -0.15) is 0 Å². The lowest BCUT2D eigenvalue weighted by atomic mass is 10.00. The molecule has 0 unspecified atom stereocenters. The molecule has 1 amide bonds. The maximum absolute atomic E-state index is 13.2. The van der Waals surface area contributed by atoms with Gasteiger partial charge in [0.15, 0.2) is 4.34 Å². The van der Waals surface area contributed by atoms with Gasteiger partial charge in [0, 0.05) is 18.8 Å². The molecule has 1 aliphatic rings. The van der Waals surface area contributed by atoms with Crippen LogP contribution in [0.5, 0.6) is 0 Å². The number of amides is 1. The Balaban J connectivity index is 1.32. The molecule has 3 aromatic rings. The lowest BCUT2D eigenvalue weighted by Gasteiger charge is -2.28. The number of rotatable bonds is 5. The molecule has 4 rings (SSSR count). The highest BCUT2D eigenvalue weighted by molar-refractivity contribution is 8.01. The summed E-state index contributed by atoms with van der Waals surface area (Å²) in [6, 6.07) is 14.4. The molecule has 0 bridgehead atoms. The molecular formula is C19H17FN4OS2. The molecule has 1 N–H and O–H groups in total. The summed E-state index contributed by atoms with van der Waals surface area (Å²) in [5.41, 5.74) is 3.16. The number of fused-ring (bicyclic) bond motifs is 1. The molecule has 1 aromatic heterocycles. The van der Waals surface area contributed by atoms with Crippen LogP contribution in [0.4, 0.5) is 15.2 Å². The van der Waals surface area contributed by atoms with Gasteiger partial charge in [0.05, 0.1) is 5.75 Å². The van der Waals surface area contributed by atoms with Gasteiger partial charge in [-0.15, -0.1) is 10.2 Å². The second kappa shape index (κ2) is 8.06. The van der Waals surface area contributed by atoms with Gasteiger partial charge in [-0.25, -0.2) is 4.39 Å². The van der Waals surface area contributed by atoms with Crippen molar-refractivity contribution in [2.45, 2.75) is 17.3 Å². The van der Waals surface area contributed by atoms with Gasteiger partial charge in [-0.1, -0.05) is 53.4 Å². The first-order valence-corrected chi connectivity index (χ1v) is 10.3. The second-order valence-corrected chi connectivity index (χ2v) is 8.33. The van der Waals surface area contributed by atoms with E-state index in [-0.39, 0.29) is 11.7 Å². The van der Waals surface area contributed by atoms with Crippen molar-refractivity contribution in [1.82, 2.24) is 15.1 Å². The van der Waals surface area contributed by atoms with E-state index in [0.29, 0.717) is 27.5 Å². The Kier molecular flexibility index (Phi) is 5.35. The number of aromatic nitrogens is 2. The Labute approximate surface area is 164 Å². The summed E-state index contributed by atoms with van der Waals surface area (Å²) < 4.78 is 13.9. The van der Waals surface area contributed by atoms with Crippen molar-refractivity contribution in [3.8, 4) is 0 Å². The Bertz CT molecular complexity index is 962. The number of halogens is 1. The minimum Gasteiger partial charge on any atom is -0.337 e. The molecule has 0 saturated carbocycles. The van der Waals surface area contributed by atoms with Crippen molar-refractivity contribution < 1.29 is 9.18 Å². The zero-order chi connectivity index (χ0) is 18.6. The minimum atomic E-state index is -0.312. The van der Waals surface area contributed by atoms with Crippen LogP contribution in [0.2, 0.25) is 0 Å². The largest absolute Gasteiger partial charge is 0.337 e. The van der Waals surface area contributed by atoms with Gasteiger partial charge in [-0.3, -0.25) is 4.79 Å². The summed E-state index contributed by atoms with van der Waals surface area (Å²) in [6.07, 6.45) is 0.896. The Morgan fingerprint density at radius 1 is 1.19 bits per heavy atom. The lowest BCUT2D eigenvalue weighted by molar-refractivity contribution is -0.129. The number of nitrogens with zero attached hydrogens (tertiary/aromatic N) is 3.